The number of nitrogens with zero attached hydrogens (tertiary/aromatic N) is 1. The minimum atomic E-state index is -6.00. The number of halogens is 4. The van der Waals surface area contributed by atoms with Crippen LogP contribution in [-0.4, -0.2) is 38.2 Å². The van der Waals surface area contributed by atoms with E-state index >= 15 is 0 Å². The van der Waals surface area contributed by atoms with Gasteiger partial charge in [0.15, 0.2) is 5.71 Å². The van der Waals surface area contributed by atoms with Crippen molar-refractivity contribution in [1.29, 1.82) is 0 Å². The summed E-state index contributed by atoms with van der Waals surface area (Å²) in [4.78, 5) is 2.42. The molecule has 1 aliphatic carbocycles. The van der Waals surface area contributed by atoms with E-state index in [1.165, 1.54) is 26.6 Å². The molecule has 2 aliphatic rings. The molecule has 164 valence electrons. The van der Waals surface area contributed by atoms with Crippen LogP contribution in [0.25, 0.3) is 5.76 Å². The van der Waals surface area contributed by atoms with Crippen molar-refractivity contribution in [2.75, 3.05) is 20.7 Å². The van der Waals surface area contributed by atoms with Gasteiger partial charge in [0, 0.05) is 27.5 Å². The zero-order chi connectivity index (χ0) is 22.9. The van der Waals surface area contributed by atoms with Crippen LogP contribution in [0.15, 0.2) is 94.3 Å². The lowest BCUT2D eigenvalue weighted by molar-refractivity contribution is -0.462. The topological polar surface area (TPSA) is 12.2 Å². The maximum atomic E-state index is 9.75. The highest BCUT2D eigenvalue weighted by Gasteiger charge is 2.20. The number of hydrogen-bond acceptors (Lipinski definition) is 2. The van der Waals surface area contributed by atoms with Crippen molar-refractivity contribution in [2.45, 2.75) is 11.8 Å². The van der Waals surface area contributed by atoms with E-state index in [0.717, 1.165) is 5.76 Å². The van der Waals surface area contributed by atoms with Gasteiger partial charge in [0.1, 0.15) is 19.9 Å². The molecule has 0 bridgehead atoms. The summed E-state index contributed by atoms with van der Waals surface area (Å²) in [6.45, 7) is 2.69. The smallest absolute Gasteiger partial charge is 0.493 e. The molecule has 1 aromatic carbocycles. The zero-order valence-corrected chi connectivity index (χ0v) is 18.4. The third-order valence-electron chi connectivity index (χ3n) is 4.02. The summed E-state index contributed by atoms with van der Waals surface area (Å²) in [6.07, 6.45) is 19.0. The van der Waals surface area contributed by atoms with Crippen LogP contribution < -0.4 is 0 Å². The highest BCUT2D eigenvalue weighted by atomic mass is 32.2. The summed E-state index contributed by atoms with van der Waals surface area (Å²) in [5.41, 5.74) is 3.57. The number of benzene rings is 1. The predicted molar refractivity (Wildman–Crippen MR) is 123 cm³/mol. The molecule has 0 saturated carbocycles. The van der Waals surface area contributed by atoms with Gasteiger partial charge in [-0.3, -0.25) is 0 Å². The lowest BCUT2D eigenvalue weighted by Gasteiger charge is -2.18. The number of ether oxygens (including phenoxy) is 1. The Morgan fingerprint density at radius 1 is 0.968 bits per heavy atom. The minimum Gasteiger partial charge on any atom is -0.493 e. The maximum Gasteiger partial charge on any atom is 0.673 e. The molecule has 1 heterocycles. The van der Waals surface area contributed by atoms with E-state index in [4.69, 9.17) is 4.74 Å². The van der Waals surface area contributed by atoms with E-state index in [2.05, 4.69) is 97.6 Å². The zero-order valence-electron chi connectivity index (χ0n) is 17.6. The Labute approximate surface area is 184 Å². The average Bonchev–Trinajstić information content (AvgIpc) is 2.70. The van der Waals surface area contributed by atoms with E-state index in [0.29, 0.717) is 6.61 Å². The lowest BCUT2D eigenvalue weighted by atomic mass is 10.1. The fourth-order valence-corrected chi connectivity index (χ4v) is 3.67. The van der Waals surface area contributed by atoms with Crippen molar-refractivity contribution in [3.05, 3.63) is 95.0 Å². The second-order valence-electron chi connectivity index (χ2n) is 6.64. The summed E-state index contributed by atoms with van der Waals surface area (Å²) in [7, 11) is -1.90. The van der Waals surface area contributed by atoms with Crippen LogP contribution >= 0.6 is 11.8 Å². The average molecular weight is 449 g/mol. The van der Waals surface area contributed by atoms with Gasteiger partial charge >= 0.3 is 7.25 Å². The molecule has 1 aromatic rings. The first-order valence-electron chi connectivity index (χ1n) is 9.65. The molecule has 3 rings (SSSR count). The van der Waals surface area contributed by atoms with Crippen LogP contribution in [0.5, 0.6) is 0 Å². The van der Waals surface area contributed by atoms with Gasteiger partial charge < -0.3 is 22.0 Å². The SMILES string of the molecule is CCOC1=C/C(=C\C=C\C=C2C=CC(=[N+](C)C)C=C2)Sc2ccccc21.F[B-](F)(F)F. The van der Waals surface area contributed by atoms with Crippen molar-refractivity contribution in [3.63, 3.8) is 0 Å². The second-order valence-corrected chi connectivity index (χ2v) is 7.76. The van der Waals surface area contributed by atoms with Gasteiger partial charge in [0.25, 0.3) is 0 Å². The first-order chi connectivity index (χ1) is 14.7. The molecule has 0 fully saturated rings. The van der Waals surface area contributed by atoms with Gasteiger partial charge in [0.05, 0.1) is 6.61 Å². The maximum absolute atomic E-state index is 9.75. The molecule has 0 unspecified atom stereocenters. The van der Waals surface area contributed by atoms with Crippen LogP contribution in [0.2, 0.25) is 0 Å². The highest BCUT2D eigenvalue weighted by Crippen LogP contribution is 2.40. The van der Waals surface area contributed by atoms with Gasteiger partial charge in [0.2, 0.25) is 0 Å². The first-order valence-corrected chi connectivity index (χ1v) is 10.5. The molecular weight excluding hydrogens is 425 g/mol. The Balaban J connectivity index is 0.000000614. The molecule has 2 nitrogen and oxygen atoms in total. The molecule has 0 aromatic heterocycles. The van der Waals surface area contributed by atoms with Crippen LogP contribution in [0.4, 0.5) is 17.3 Å². The number of hydrogen-bond donors (Lipinski definition) is 0. The largest absolute Gasteiger partial charge is 0.673 e. The number of allylic oxidation sites excluding steroid dienone is 10. The van der Waals surface area contributed by atoms with E-state index in [1.54, 1.807) is 11.8 Å². The minimum absolute atomic E-state index is 0.671. The second kappa shape index (κ2) is 11.6. The molecule has 0 N–H and O–H groups in total. The summed E-state index contributed by atoms with van der Waals surface area (Å²) in [5.74, 6) is 0.949. The number of rotatable bonds is 4. The third kappa shape index (κ3) is 8.88. The van der Waals surface area contributed by atoms with Crippen molar-refractivity contribution in [3.8, 4) is 0 Å². The summed E-state index contributed by atoms with van der Waals surface area (Å²) < 4.78 is 46.9. The monoisotopic (exact) mass is 449 g/mol. The van der Waals surface area contributed by atoms with Crippen LogP contribution in [-0.2, 0) is 4.74 Å². The van der Waals surface area contributed by atoms with Crippen molar-refractivity contribution < 1.29 is 26.6 Å². The highest BCUT2D eigenvalue weighted by molar-refractivity contribution is 8.03. The molecular formula is C23H24BF4NOS. The van der Waals surface area contributed by atoms with Gasteiger partial charge in [-0.25, -0.2) is 4.58 Å². The molecule has 0 spiro atoms. The molecule has 0 saturated heterocycles. The Hall–Kier alpha value is -2.74. The quantitative estimate of drug-likeness (QED) is 0.289. The summed E-state index contributed by atoms with van der Waals surface area (Å²) in [6, 6.07) is 8.38. The van der Waals surface area contributed by atoms with Crippen LogP contribution in [0, 0.1) is 0 Å². The third-order valence-corrected chi connectivity index (χ3v) is 5.09. The Kier molecular flexibility index (Phi) is 9.18. The molecule has 8 heteroatoms. The number of thioether (sulfide) groups is 1. The summed E-state index contributed by atoms with van der Waals surface area (Å²) >= 11 is 1.77. The van der Waals surface area contributed by atoms with E-state index in [1.807, 2.05) is 6.92 Å². The number of fused-ring (bicyclic) bond motifs is 1. The van der Waals surface area contributed by atoms with E-state index in [9.17, 15) is 17.3 Å². The van der Waals surface area contributed by atoms with E-state index in [-0.39, 0.29) is 0 Å². The molecule has 31 heavy (non-hydrogen) atoms. The van der Waals surface area contributed by atoms with E-state index < -0.39 is 7.25 Å². The Bertz CT molecular complexity index is 973. The van der Waals surface area contributed by atoms with Crippen molar-refractivity contribution in [1.82, 2.24) is 0 Å². The first kappa shape index (κ1) is 24.5. The van der Waals surface area contributed by atoms with Gasteiger partial charge in [-0.1, -0.05) is 48.2 Å². The predicted octanol–water partition coefficient (Wildman–Crippen LogP) is 6.68. The van der Waals surface area contributed by atoms with Crippen molar-refractivity contribution in [2.24, 2.45) is 0 Å². The van der Waals surface area contributed by atoms with Crippen LogP contribution in [0.3, 0.4) is 0 Å². The van der Waals surface area contributed by atoms with Gasteiger partial charge in [-0.05, 0) is 42.9 Å². The van der Waals surface area contributed by atoms with Gasteiger partial charge in [-0.2, -0.15) is 0 Å². The molecule has 0 radical (unpaired) electrons. The standard InChI is InChI=1S/C23H24NOS.BF4/c1-4-25-22-17-20(26-23-12-8-7-11-21(22)23)10-6-5-9-18-13-15-19(16-14-18)24(2)3;2-1(3,4)5/h5-17H,4H2,1-3H3;/q+1;-1/b6-5+,20-10+;. The van der Waals surface area contributed by atoms with Gasteiger partial charge in [-0.15, -0.1) is 0 Å². The molecule has 1 aliphatic heterocycles. The van der Waals surface area contributed by atoms with Crippen molar-refractivity contribution >= 4 is 30.5 Å². The van der Waals surface area contributed by atoms with Crippen LogP contribution in [0.1, 0.15) is 12.5 Å². The fraction of sp³-hybridized carbons (Fsp3) is 0.174. The molecule has 0 atom stereocenters. The Morgan fingerprint density at radius 2 is 1.58 bits per heavy atom. The summed E-state index contributed by atoms with van der Waals surface area (Å²) in [5, 5.41) is 0. The molecule has 0 amide bonds. The fourth-order valence-electron chi connectivity index (χ4n) is 2.68. The Morgan fingerprint density at radius 3 is 2.19 bits per heavy atom. The lowest BCUT2D eigenvalue weighted by Crippen LogP contribution is -2.09. The normalized spacial score (nSPS) is 16.6.